The molecule has 0 aliphatic heterocycles. The van der Waals surface area contributed by atoms with Gasteiger partial charge in [0.25, 0.3) is 0 Å². The Hall–Kier alpha value is -2.99. The highest BCUT2D eigenvalue weighted by atomic mass is 35.5. The highest BCUT2D eigenvalue weighted by Crippen LogP contribution is 2.23. The molecule has 3 aromatic heterocycles. The van der Waals surface area contributed by atoms with Gasteiger partial charge in [0, 0.05) is 18.3 Å². The predicted molar refractivity (Wildman–Crippen MR) is 95.1 cm³/mol. The van der Waals surface area contributed by atoms with E-state index in [2.05, 4.69) is 19.9 Å². The first-order valence-corrected chi connectivity index (χ1v) is 8.17. The molecule has 0 amide bonds. The lowest BCUT2D eigenvalue weighted by molar-refractivity contribution is 0.294. The van der Waals surface area contributed by atoms with Crippen LogP contribution in [-0.4, -0.2) is 31.1 Å². The SMILES string of the molecule is Clc1cnc(OCCc2ccccn2)nc1-n1cnc2ccccc21. The Morgan fingerprint density at radius 2 is 1.88 bits per heavy atom. The zero-order valence-corrected chi connectivity index (χ0v) is 14.0. The Morgan fingerprint density at radius 3 is 2.76 bits per heavy atom. The first-order valence-electron chi connectivity index (χ1n) is 7.79. The third kappa shape index (κ3) is 3.29. The summed E-state index contributed by atoms with van der Waals surface area (Å²) in [6.07, 6.45) is 5.66. The molecule has 0 atom stereocenters. The molecule has 0 bridgehead atoms. The summed E-state index contributed by atoms with van der Waals surface area (Å²) in [7, 11) is 0. The summed E-state index contributed by atoms with van der Waals surface area (Å²) in [6.45, 7) is 0.433. The van der Waals surface area contributed by atoms with Crippen molar-refractivity contribution in [2.75, 3.05) is 6.61 Å². The average Bonchev–Trinajstić information content (AvgIpc) is 3.08. The minimum Gasteiger partial charge on any atom is -0.463 e. The van der Waals surface area contributed by atoms with Crippen molar-refractivity contribution in [2.45, 2.75) is 6.42 Å². The lowest BCUT2D eigenvalue weighted by Crippen LogP contribution is -2.07. The first-order chi connectivity index (χ1) is 12.3. The monoisotopic (exact) mass is 351 g/mol. The molecule has 0 aliphatic rings. The molecule has 0 fully saturated rings. The van der Waals surface area contributed by atoms with Crippen molar-refractivity contribution in [3.05, 3.63) is 71.9 Å². The minimum absolute atomic E-state index is 0.271. The molecule has 7 heteroatoms. The van der Waals surface area contributed by atoms with Gasteiger partial charge in [-0.05, 0) is 24.3 Å². The van der Waals surface area contributed by atoms with Crippen molar-refractivity contribution in [3.63, 3.8) is 0 Å². The van der Waals surface area contributed by atoms with Crippen LogP contribution in [0.3, 0.4) is 0 Å². The van der Waals surface area contributed by atoms with Crippen molar-refractivity contribution < 1.29 is 4.74 Å². The zero-order chi connectivity index (χ0) is 17.1. The lowest BCUT2D eigenvalue weighted by atomic mass is 10.3. The van der Waals surface area contributed by atoms with Crippen LogP contribution in [0.5, 0.6) is 6.01 Å². The molecule has 0 saturated heterocycles. The molecule has 6 nitrogen and oxygen atoms in total. The standard InChI is InChI=1S/C18H14ClN5O/c19-14-11-21-18(25-10-8-13-5-3-4-9-20-13)23-17(14)24-12-22-15-6-1-2-7-16(15)24/h1-7,9,11-12H,8,10H2. The number of ether oxygens (including phenoxy) is 1. The van der Waals surface area contributed by atoms with E-state index in [0.29, 0.717) is 23.9 Å². The van der Waals surface area contributed by atoms with Crippen molar-refractivity contribution in [1.82, 2.24) is 24.5 Å². The Bertz CT molecular complexity index is 1000. The molecule has 0 unspecified atom stereocenters. The van der Waals surface area contributed by atoms with E-state index in [1.165, 1.54) is 6.20 Å². The molecule has 0 saturated carbocycles. The molecule has 4 rings (SSSR count). The Morgan fingerprint density at radius 1 is 1.00 bits per heavy atom. The summed E-state index contributed by atoms with van der Waals surface area (Å²) in [5, 5.41) is 0.431. The molecule has 25 heavy (non-hydrogen) atoms. The van der Waals surface area contributed by atoms with Crippen molar-refractivity contribution in [1.29, 1.82) is 0 Å². The molecule has 0 N–H and O–H groups in total. The van der Waals surface area contributed by atoms with Crippen LogP contribution in [-0.2, 0) is 6.42 Å². The maximum Gasteiger partial charge on any atom is 0.318 e. The highest BCUT2D eigenvalue weighted by molar-refractivity contribution is 6.32. The molecule has 124 valence electrons. The number of rotatable bonds is 5. The van der Waals surface area contributed by atoms with Crippen LogP contribution in [0.2, 0.25) is 5.02 Å². The molecule has 3 heterocycles. The summed E-state index contributed by atoms with van der Waals surface area (Å²) in [5.74, 6) is 0.540. The van der Waals surface area contributed by atoms with Gasteiger partial charge in [0.1, 0.15) is 11.3 Å². The van der Waals surface area contributed by atoms with Crippen LogP contribution in [0.4, 0.5) is 0 Å². The quantitative estimate of drug-likeness (QED) is 0.550. The van der Waals surface area contributed by atoms with E-state index in [-0.39, 0.29) is 6.01 Å². The fraction of sp³-hybridized carbons (Fsp3) is 0.111. The Kier molecular flexibility index (Phi) is 4.26. The summed E-state index contributed by atoms with van der Waals surface area (Å²) in [5.41, 5.74) is 2.75. The minimum atomic E-state index is 0.271. The van der Waals surface area contributed by atoms with Crippen LogP contribution in [0, 0.1) is 0 Å². The number of nitrogens with zero attached hydrogens (tertiary/aromatic N) is 5. The van der Waals surface area contributed by atoms with Gasteiger partial charge in [0.05, 0.1) is 23.8 Å². The third-order valence-electron chi connectivity index (χ3n) is 3.70. The van der Waals surface area contributed by atoms with Crippen molar-refractivity contribution in [3.8, 4) is 11.8 Å². The number of imidazole rings is 1. The summed E-state index contributed by atoms with van der Waals surface area (Å²) < 4.78 is 7.49. The van der Waals surface area contributed by atoms with E-state index >= 15 is 0 Å². The fourth-order valence-electron chi connectivity index (χ4n) is 2.50. The van der Waals surface area contributed by atoms with E-state index in [4.69, 9.17) is 16.3 Å². The van der Waals surface area contributed by atoms with Gasteiger partial charge >= 0.3 is 6.01 Å². The zero-order valence-electron chi connectivity index (χ0n) is 13.2. The number of halogens is 1. The van der Waals surface area contributed by atoms with E-state index in [1.54, 1.807) is 12.5 Å². The number of para-hydroxylation sites is 2. The van der Waals surface area contributed by atoms with E-state index in [1.807, 2.05) is 47.0 Å². The maximum absolute atomic E-state index is 6.28. The van der Waals surface area contributed by atoms with Crippen LogP contribution < -0.4 is 4.74 Å². The largest absolute Gasteiger partial charge is 0.463 e. The third-order valence-corrected chi connectivity index (χ3v) is 3.97. The van der Waals surface area contributed by atoms with Gasteiger partial charge in [-0.3, -0.25) is 9.55 Å². The van der Waals surface area contributed by atoms with Gasteiger partial charge in [0.2, 0.25) is 0 Å². The number of hydrogen-bond donors (Lipinski definition) is 0. The van der Waals surface area contributed by atoms with Gasteiger partial charge in [-0.2, -0.15) is 4.98 Å². The van der Waals surface area contributed by atoms with Crippen LogP contribution >= 0.6 is 11.6 Å². The summed E-state index contributed by atoms with van der Waals surface area (Å²) in [4.78, 5) is 17.2. The smallest absolute Gasteiger partial charge is 0.318 e. The molecular weight excluding hydrogens is 338 g/mol. The van der Waals surface area contributed by atoms with Crippen LogP contribution in [0.15, 0.2) is 61.2 Å². The molecule has 0 radical (unpaired) electrons. The van der Waals surface area contributed by atoms with Gasteiger partial charge in [0.15, 0.2) is 5.82 Å². The van der Waals surface area contributed by atoms with E-state index < -0.39 is 0 Å². The van der Waals surface area contributed by atoms with E-state index in [0.717, 1.165) is 16.7 Å². The van der Waals surface area contributed by atoms with Gasteiger partial charge in [-0.1, -0.05) is 29.8 Å². The highest BCUT2D eigenvalue weighted by Gasteiger charge is 2.12. The summed E-state index contributed by atoms with van der Waals surface area (Å²) >= 11 is 6.28. The van der Waals surface area contributed by atoms with Gasteiger partial charge in [-0.15, -0.1) is 0 Å². The van der Waals surface area contributed by atoms with Crippen LogP contribution in [0.25, 0.3) is 16.9 Å². The number of fused-ring (bicyclic) bond motifs is 1. The van der Waals surface area contributed by atoms with E-state index in [9.17, 15) is 0 Å². The fourth-order valence-corrected chi connectivity index (χ4v) is 2.68. The predicted octanol–water partition coefficient (Wildman–Crippen LogP) is 3.49. The summed E-state index contributed by atoms with van der Waals surface area (Å²) in [6, 6.07) is 13.8. The van der Waals surface area contributed by atoms with Crippen molar-refractivity contribution >= 4 is 22.6 Å². The van der Waals surface area contributed by atoms with Crippen molar-refractivity contribution in [2.24, 2.45) is 0 Å². The molecule has 0 spiro atoms. The van der Waals surface area contributed by atoms with Gasteiger partial charge in [-0.25, -0.2) is 9.97 Å². The topological polar surface area (TPSA) is 65.7 Å². The number of pyridine rings is 1. The maximum atomic E-state index is 6.28. The normalized spacial score (nSPS) is 10.9. The number of hydrogen-bond acceptors (Lipinski definition) is 5. The second-order valence-corrected chi connectivity index (χ2v) is 5.75. The number of benzene rings is 1. The molecular formula is C18H14ClN5O. The second kappa shape index (κ2) is 6.86. The molecule has 4 aromatic rings. The average molecular weight is 352 g/mol. The second-order valence-electron chi connectivity index (χ2n) is 5.35. The first kappa shape index (κ1) is 15.5. The Labute approximate surface area is 149 Å². The number of aromatic nitrogens is 5. The van der Waals surface area contributed by atoms with Gasteiger partial charge < -0.3 is 4.74 Å². The molecule has 1 aromatic carbocycles. The molecule has 0 aliphatic carbocycles. The van der Waals surface area contributed by atoms with Crippen LogP contribution in [0.1, 0.15) is 5.69 Å². The lowest BCUT2D eigenvalue weighted by Gasteiger charge is -2.08. The Balaban J connectivity index is 1.56.